The van der Waals surface area contributed by atoms with Crippen molar-refractivity contribution in [1.29, 1.82) is 0 Å². The molecular formula is C14H16N6OS. The lowest BCUT2D eigenvalue weighted by molar-refractivity contribution is 0.104. The first-order valence-corrected chi connectivity index (χ1v) is 7.65. The van der Waals surface area contributed by atoms with Gasteiger partial charge in [0.2, 0.25) is 5.13 Å². The molecule has 1 atom stereocenters. The van der Waals surface area contributed by atoms with Crippen LogP contribution < -0.4 is 5.73 Å². The van der Waals surface area contributed by atoms with Crippen LogP contribution in [-0.4, -0.2) is 25.2 Å². The van der Waals surface area contributed by atoms with E-state index in [1.165, 1.54) is 11.3 Å². The zero-order valence-electron chi connectivity index (χ0n) is 12.1. The Morgan fingerprint density at radius 3 is 2.73 bits per heavy atom. The van der Waals surface area contributed by atoms with E-state index in [-0.39, 0.29) is 6.04 Å². The third-order valence-electron chi connectivity index (χ3n) is 3.13. The molecule has 0 radical (unpaired) electrons. The minimum Gasteiger partial charge on any atom is -0.374 e. The van der Waals surface area contributed by atoms with Crippen molar-refractivity contribution in [2.45, 2.75) is 26.2 Å². The number of hydrogen-bond acceptors (Lipinski definition) is 7. The minimum absolute atomic E-state index is 0.0508. The molecule has 1 aromatic carbocycles. The zero-order chi connectivity index (χ0) is 15.4. The average molecular weight is 316 g/mol. The molecule has 0 saturated carbocycles. The predicted octanol–water partition coefficient (Wildman–Crippen LogP) is 2.04. The standard InChI is InChI=1S/C14H16N6OS/c1-10(13-17-18-14(15)22-13)20-7-12(16-19-20)9-21-8-11-5-3-2-4-6-11/h2-7,10H,8-9H2,1H3,(H2,15,18). The molecule has 0 aliphatic heterocycles. The SMILES string of the molecule is CC(c1nnc(N)s1)n1cc(COCc2ccccc2)nn1. The molecule has 114 valence electrons. The largest absolute Gasteiger partial charge is 0.374 e. The Balaban J connectivity index is 1.57. The van der Waals surface area contributed by atoms with Gasteiger partial charge in [0.05, 0.1) is 19.4 Å². The van der Waals surface area contributed by atoms with E-state index >= 15 is 0 Å². The van der Waals surface area contributed by atoms with Gasteiger partial charge in [-0.15, -0.1) is 15.3 Å². The lowest BCUT2D eigenvalue weighted by atomic mass is 10.2. The number of aromatic nitrogens is 5. The number of hydrogen-bond donors (Lipinski definition) is 1. The first-order valence-electron chi connectivity index (χ1n) is 6.83. The molecule has 0 amide bonds. The predicted molar refractivity (Wildman–Crippen MR) is 83.1 cm³/mol. The van der Waals surface area contributed by atoms with Gasteiger partial charge in [0.25, 0.3) is 0 Å². The summed E-state index contributed by atoms with van der Waals surface area (Å²) in [6.07, 6.45) is 1.85. The maximum Gasteiger partial charge on any atom is 0.203 e. The van der Waals surface area contributed by atoms with Gasteiger partial charge in [0, 0.05) is 0 Å². The van der Waals surface area contributed by atoms with Crippen LogP contribution in [0.15, 0.2) is 36.5 Å². The van der Waals surface area contributed by atoms with Crippen LogP contribution >= 0.6 is 11.3 Å². The molecular weight excluding hydrogens is 300 g/mol. The maximum atomic E-state index is 5.65. The van der Waals surface area contributed by atoms with Gasteiger partial charge in [-0.25, -0.2) is 4.68 Å². The normalized spacial score (nSPS) is 12.4. The van der Waals surface area contributed by atoms with Gasteiger partial charge in [-0.2, -0.15) is 0 Å². The van der Waals surface area contributed by atoms with Gasteiger partial charge >= 0.3 is 0 Å². The van der Waals surface area contributed by atoms with E-state index in [1.807, 2.05) is 43.5 Å². The monoisotopic (exact) mass is 316 g/mol. The molecule has 3 aromatic rings. The molecule has 7 nitrogen and oxygen atoms in total. The van der Waals surface area contributed by atoms with Gasteiger partial charge in [-0.1, -0.05) is 46.9 Å². The Kier molecular flexibility index (Phi) is 4.40. The number of benzene rings is 1. The van der Waals surface area contributed by atoms with Crippen molar-refractivity contribution in [3.05, 3.63) is 52.8 Å². The van der Waals surface area contributed by atoms with Crippen LogP contribution in [0.25, 0.3) is 0 Å². The Labute approximate surface area is 131 Å². The van der Waals surface area contributed by atoms with Crippen LogP contribution in [-0.2, 0) is 18.0 Å². The van der Waals surface area contributed by atoms with E-state index in [1.54, 1.807) is 4.68 Å². The highest BCUT2D eigenvalue weighted by Crippen LogP contribution is 2.22. The molecule has 8 heteroatoms. The van der Waals surface area contributed by atoms with Crippen LogP contribution in [0.4, 0.5) is 5.13 Å². The summed E-state index contributed by atoms with van der Waals surface area (Å²) in [6.45, 7) is 2.94. The van der Waals surface area contributed by atoms with Crippen LogP contribution in [0.1, 0.15) is 29.2 Å². The summed E-state index contributed by atoms with van der Waals surface area (Å²) >= 11 is 1.35. The van der Waals surface area contributed by atoms with Crippen molar-refractivity contribution < 1.29 is 4.74 Å². The summed E-state index contributed by atoms with van der Waals surface area (Å²) < 4.78 is 7.38. The summed E-state index contributed by atoms with van der Waals surface area (Å²) in [5.74, 6) is 0. The second-order valence-corrected chi connectivity index (χ2v) is 5.86. The maximum absolute atomic E-state index is 5.65. The summed E-state index contributed by atoms with van der Waals surface area (Å²) in [6, 6.07) is 9.97. The van der Waals surface area contributed by atoms with Gasteiger partial charge in [-0.05, 0) is 12.5 Å². The highest BCUT2D eigenvalue weighted by Gasteiger charge is 2.15. The Hall–Kier alpha value is -2.32. The van der Waals surface area contributed by atoms with Crippen LogP contribution in [0.2, 0.25) is 0 Å². The molecule has 0 aliphatic carbocycles. The molecule has 2 aromatic heterocycles. The van der Waals surface area contributed by atoms with Crippen molar-refractivity contribution in [2.75, 3.05) is 5.73 Å². The minimum atomic E-state index is -0.0508. The van der Waals surface area contributed by atoms with Crippen molar-refractivity contribution in [2.24, 2.45) is 0 Å². The molecule has 0 saturated heterocycles. The summed E-state index contributed by atoms with van der Waals surface area (Å²) in [5, 5.41) is 17.3. The fraction of sp³-hybridized carbons (Fsp3) is 0.286. The Bertz CT molecular complexity index is 726. The average Bonchev–Trinajstić information content (AvgIpc) is 3.17. The number of anilines is 1. The first-order chi connectivity index (χ1) is 10.7. The van der Waals surface area contributed by atoms with E-state index < -0.39 is 0 Å². The number of nitrogens with two attached hydrogens (primary N) is 1. The summed E-state index contributed by atoms with van der Waals surface area (Å²) in [5.41, 5.74) is 7.51. The van der Waals surface area contributed by atoms with Crippen LogP contribution in [0.5, 0.6) is 0 Å². The number of ether oxygens (including phenoxy) is 1. The van der Waals surface area contributed by atoms with Gasteiger partial charge in [0.15, 0.2) is 0 Å². The Morgan fingerprint density at radius 1 is 1.18 bits per heavy atom. The molecule has 2 heterocycles. The van der Waals surface area contributed by atoms with Gasteiger partial charge < -0.3 is 10.5 Å². The van der Waals surface area contributed by atoms with E-state index in [9.17, 15) is 0 Å². The first kappa shape index (κ1) is 14.6. The van der Waals surface area contributed by atoms with Gasteiger partial charge in [-0.3, -0.25) is 0 Å². The molecule has 0 bridgehead atoms. The van der Waals surface area contributed by atoms with E-state index in [0.29, 0.717) is 18.3 Å². The van der Waals surface area contributed by atoms with Crippen molar-refractivity contribution in [1.82, 2.24) is 25.2 Å². The van der Waals surface area contributed by atoms with Crippen molar-refractivity contribution >= 4 is 16.5 Å². The summed E-state index contributed by atoms with van der Waals surface area (Å²) in [7, 11) is 0. The lowest BCUT2D eigenvalue weighted by Gasteiger charge is -2.05. The van der Waals surface area contributed by atoms with Crippen molar-refractivity contribution in [3.63, 3.8) is 0 Å². The second kappa shape index (κ2) is 6.63. The zero-order valence-corrected chi connectivity index (χ0v) is 12.9. The summed E-state index contributed by atoms with van der Waals surface area (Å²) in [4.78, 5) is 0. The number of nitrogens with zero attached hydrogens (tertiary/aromatic N) is 5. The van der Waals surface area contributed by atoms with Gasteiger partial charge in [0.1, 0.15) is 16.7 Å². The number of nitrogen functional groups attached to an aromatic ring is 1. The molecule has 2 N–H and O–H groups in total. The molecule has 0 aliphatic rings. The Morgan fingerprint density at radius 2 is 2.00 bits per heavy atom. The van der Waals surface area contributed by atoms with Crippen LogP contribution in [0.3, 0.4) is 0 Å². The highest BCUT2D eigenvalue weighted by atomic mass is 32.1. The number of rotatable bonds is 6. The van der Waals surface area contributed by atoms with Crippen LogP contribution in [0, 0.1) is 0 Å². The fourth-order valence-electron chi connectivity index (χ4n) is 1.94. The topological polar surface area (TPSA) is 91.7 Å². The van der Waals surface area contributed by atoms with E-state index in [2.05, 4.69) is 20.5 Å². The second-order valence-electron chi connectivity index (χ2n) is 4.82. The third-order valence-corrected chi connectivity index (χ3v) is 4.05. The quantitative estimate of drug-likeness (QED) is 0.748. The van der Waals surface area contributed by atoms with E-state index in [0.717, 1.165) is 16.3 Å². The molecule has 3 rings (SSSR count). The smallest absolute Gasteiger partial charge is 0.203 e. The molecule has 1 unspecified atom stereocenters. The van der Waals surface area contributed by atoms with Crippen molar-refractivity contribution in [3.8, 4) is 0 Å². The fourth-order valence-corrected chi connectivity index (χ4v) is 2.60. The molecule has 0 fully saturated rings. The molecule has 22 heavy (non-hydrogen) atoms. The third kappa shape index (κ3) is 3.46. The lowest BCUT2D eigenvalue weighted by Crippen LogP contribution is -2.07. The van der Waals surface area contributed by atoms with E-state index in [4.69, 9.17) is 10.5 Å². The highest BCUT2D eigenvalue weighted by molar-refractivity contribution is 7.15. The molecule has 0 spiro atoms.